The molecule has 0 aliphatic rings. The predicted molar refractivity (Wildman–Crippen MR) is 98.6 cm³/mol. The molecule has 3 rings (SSSR count). The van der Waals surface area contributed by atoms with Crippen molar-refractivity contribution in [3.8, 4) is 5.75 Å². The van der Waals surface area contributed by atoms with Crippen molar-refractivity contribution < 1.29 is 9.15 Å². The second kappa shape index (κ2) is 8.22. The standard InChI is InChI=1S/C17H17ClN4O2S/c1-3-25-17-21-19-11-22(17)20-9-14-4-5-15(24-14)10-23-13-6-7-16(18)12(2)8-13/h4-9,11H,3,10H2,1-2H3. The van der Waals surface area contributed by atoms with Gasteiger partial charge in [-0.1, -0.05) is 30.3 Å². The van der Waals surface area contributed by atoms with Crippen LogP contribution in [0.2, 0.25) is 5.02 Å². The number of halogens is 1. The molecule has 3 aromatic rings. The minimum absolute atomic E-state index is 0.332. The fourth-order valence-corrected chi connectivity index (χ4v) is 2.75. The second-order valence-electron chi connectivity index (χ2n) is 5.14. The van der Waals surface area contributed by atoms with Crippen molar-refractivity contribution in [1.29, 1.82) is 0 Å². The van der Waals surface area contributed by atoms with Gasteiger partial charge in [-0.2, -0.15) is 9.78 Å². The fourth-order valence-electron chi connectivity index (χ4n) is 2.04. The molecular weight excluding hydrogens is 360 g/mol. The van der Waals surface area contributed by atoms with Crippen LogP contribution in [0.5, 0.6) is 5.75 Å². The van der Waals surface area contributed by atoms with E-state index >= 15 is 0 Å². The third-order valence-corrected chi connectivity index (χ3v) is 4.52. The van der Waals surface area contributed by atoms with Gasteiger partial charge in [0.15, 0.2) is 0 Å². The van der Waals surface area contributed by atoms with Crippen molar-refractivity contribution >= 4 is 29.6 Å². The van der Waals surface area contributed by atoms with E-state index in [1.54, 1.807) is 29.0 Å². The molecule has 1 aromatic carbocycles. The molecule has 0 atom stereocenters. The third kappa shape index (κ3) is 4.64. The van der Waals surface area contributed by atoms with E-state index in [4.69, 9.17) is 20.8 Å². The summed E-state index contributed by atoms with van der Waals surface area (Å²) in [5.74, 6) is 2.99. The molecule has 0 aliphatic heterocycles. The van der Waals surface area contributed by atoms with Crippen LogP contribution in [0.3, 0.4) is 0 Å². The topological polar surface area (TPSA) is 65.4 Å². The highest BCUT2D eigenvalue weighted by Crippen LogP contribution is 2.22. The number of aromatic nitrogens is 3. The Morgan fingerprint density at radius 3 is 3.04 bits per heavy atom. The van der Waals surface area contributed by atoms with Crippen LogP contribution in [0.4, 0.5) is 0 Å². The molecule has 0 amide bonds. The van der Waals surface area contributed by atoms with Gasteiger partial charge < -0.3 is 9.15 Å². The quantitative estimate of drug-likeness (QED) is 0.451. The van der Waals surface area contributed by atoms with Crippen molar-refractivity contribution in [2.45, 2.75) is 25.6 Å². The number of hydrogen-bond donors (Lipinski definition) is 0. The van der Waals surface area contributed by atoms with Crippen LogP contribution in [0, 0.1) is 6.92 Å². The van der Waals surface area contributed by atoms with Crippen LogP contribution in [0.1, 0.15) is 24.0 Å². The Kier molecular flexibility index (Phi) is 5.78. The van der Waals surface area contributed by atoms with Gasteiger partial charge in [-0.15, -0.1) is 10.2 Å². The highest BCUT2D eigenvalue weighted by Gasteiger charge is 2.05. The first-order chi connectivity index (χ1) is 12.2. The van der Waals surface area contributed by atoms with E-state index in [1.807, 2.05) is 44.2 Å². The molecule has 0 saturated carbocycles. The van der Waals surface area contributed by atoms with E-state index in [2.05, 4.69) is 15.3 Å². The Morgan fingerprint density at radius 1 is 1.36 bits per heavy atom. The highest BCUT2D eigenvalue weighted by atomic mass is 35.5. The summed E-state index contributed by atoms with van der Waals surface area (Å²) >= 11 is 7.58. The molecule has 130 valence electrons. The van der Waals surface area contributed by atoms with Crippen molar-refractivity contribution in [3.05, 3.63) is 58.8 Å². The summed E-state index contributed by atoms with van der Waals surface area (Å²) in [4.78, 5) is 0. The van der Waals surface area contributed by atoms with Crippen LogP contribution in [-0.2, 0) is 6.61 Å². The number of nitrogens with zero attached hydrogens (tertiary/aromatic N) is 4. The molecule has 2 heterocycles. The molecule has 25 heavy (non-hydrogen) atoms. The maximum absolute atomic E-state index is 6.01. The maximum atomic E-state index is 6.01. The zero-order chi connectivity index (χ0) is 17.6. The molecule has 0 aliphatic carbocycles. The number of hydrogen-bond acceptors (Lipinski definition) is 6. The molecule has 0 bridgehead atoms. The number of ether oxygens (including phenoxy) is 1. The molecule has 0 N–H and O–H groups in total. The number of thioether (sulfide) groups is 1. The van der Waals surface area contributed by atoms with Crippen molar-refractivity contribution in [1.82, 2.24) is 14.9 Å². The average molecular weight is 377 g/mol. The highest BCUT2D eigenvalue weighted by molar-refractivity contribution is 7.99. The van der Waals surface area contributed by atoms with Crippen molar-refractivity contribution in [3.63, 3.8) is 0 Å². The van der Waals surface area contributed by atoms with Gasteiger partial charge in [0.25, 0.3) is 0 Å². The molecular formula is C17H17ClN4O2S. The molecule has 0 fully saturated rings. The van der Waals surface area contributed by atoms with Gasteiger partial charge >= 0.3 is 0 Å². The monoisotopic (exact) mass is 376 g/mol. The Morgan fingerprint density at radius 2 is 2.24 bits per heavy atom. The van der Waals surface area contributed by atoms with Crippen LogP contribution in [0.15, 0.2) is 51.3 Å². The Bertz CT molecular complexity index is 875. The summed E-state index contributed by atoms with van der Waals surface area (Å²) < 4.78 is 13.0. The Balaban J connectivity index is 1.61. The van der Waals surface area contributed by atoms with Crippen LogP contribution >= 0.6 is 23.4 Å². The first-order valence-electron chi connectivity index (χ1n) is 7.70. The second-order valence-corrected chi connectivity index (χ2v) is 6.78. The average Bonchev–Trinajstić information content (AvgIpc) is 3.24. The normalized spacial score (nSPS) is 11.3. The zero-order valence-corrected chi connectivity index (χ0v) is 15.4. The zero-order valence-electron chi connectivity index (χ0n) is 13.8. The number of furan rings is 1. The van der Waals surface area contributed by atoms with Gasteiger partial charge in [0, 0.05) is 5.02 Å². The molecule has 6 nitrogen and oxygen atoms in total. The Hall–Kier alpha value is -2.25. The fraction of sp³-hybridized carbons (Fsp3) is 0.235. The number of rotatable bonds is 7. The SMILES string of the molecule is CCSc1nncn1N=Cc1ccc(COc2ccc(Cl)c(C)c2)o1. The van der Waals surface area contributed by atoms with Crippen LogP contribution in [0.25, 0.3) is 0 Å². The molecule has 0 unspecified atom stereocenters. The molecule has 0 radical (unpaired) electrons. The molecule has 0 saturated heterocycles. The summed E-state index contributed by atoms with van der Waals surface area (Å²) in [7, 11) is 0. The van der Waals surface area contributed by atoms with Gasteiger partial charge in [0.1, 0.15) is 30.2 Å². The van der Waals surface area contributed by atoms with E-state index < -0.39 is 0 Å². The molecule has 2 aromatic heterocycles. The lowest BCUT2D eigenvalue weighted by molar-refractivity contribution is 0.269. The summed E-state index contributed by atoms with van der Waals surface area (Å²) in [6.45, 7) is 4.32. The van der Waals surface area contributed by atoms with E-state index in [0.29, 0.717) is 18.1 Å². The lowest BCUT2D eigenvalue weighted by atomic mass is 10.2. The van der Waals surface area contributed by atoms with E-state index in [0.717, 1.165) is 27.2 Å². The number of aryl methyl sites for hydroxylation is 1. The van der Waals surface area contributed by atoms with E-state index in [1.165, 1.54) is 0 Å². The van der Waals surface area contributed by atoms with Gasteiger partial charge in [0.05, 0.1) is 6.21 Å². The minimum atomic E-state index is 0.332. The lowest BCUT2D eigenvalue weighted by Gasteiger charge is -2.05. The molecule has 8 heteroatoms. The van der Waals surface area contributed by atoms with Gasteiger partial charge in [-0.05, 0) is 48.6 Å². The van der Waals surface area contributed by atoms with Crippen molar-refractivity contribution in [2.75, 3.05) is 5.75 Å². The van der Waals surface area contributed by atoms with Gasteiger partial charge in [0.2, 0.25) is 5.16 Å². The summed E-state index contributed by atoms with van der Waals surface area (Å²) in [5, 5.41) is 13.6. The first-order valence-corrected chi connectivity index (χ1v) is 9.07. The molecule has 0 spiro atoms. The summed E-state index contributed by atoms with van der Waals surface area (Å²) in [5.41, 5.74) is 0.973. The van der Waals surface area contributed by atoms with Gasteiger partial charge in [-0.25, -0.2) is 0 Å². The van der Waals surface area contributed by atoms with Gasteiger partial charge in [-0.3, -0.25) is 0 Å². The summed E-state index contributed by atoms with van der Waals surface area (Å²) in [6.07, 6.45) is 3.18. The van der Waals surface area contributed by atoms with Crippen molar-refractivity contribution in [2.24, 2.45) is 5.10 Å². The van der Waals surface area contributed by atoms with E-state index in [-0.39, 0.29) is 0 Å². The first kappa shape index (κ1) is 17.6. The minimum Gasteiger partial charge on any atom is -0.486 e. The summed E-state index contributed by atoms with van der Waals surface area (Å²) in [6, 6.07) is 9.24. The maximum Gasteiger partial charge on any atom is 0.211 e. The lowest BCUT2D eigenvalue weighted by Crippen LogP contribution is -1.94. The largest absolute Gasteiger partial charge is 0.486 e. The third-order valence-electron chi connectivity index (χ3n) is 3.28. The van der Waals surface area contributed by atoms with Crippen LogP contribution < -0.4 is 4.74 Å². The smallest absolute Gasteiger partial charge is 0.211 e. The Labute approximate surface area is 154 Å². The van der Waals surface area contributed by atoms with Crippen LogP contribution in [-0.4, -0.2) is 26.8 Å². The predicted octanol–water partition coefficient (Wildman–Crippen LogP) is 4.41. The number of benzene rings is 1. The van der Waals surface area contributed by atoms with E-state index in [9.17, 15) is 0 Å².